The Bertz CT molecular complexity index is 628. The Balaban J connectivity index is 2.46. The van der Waals surface area contributed by atoms with Crippen LogP contribution in [0.4, 0.5) is 0 Å². The van der Waals surface area contributed by atoms with Gasteiger partial charge in [-0.15, -0.1) is 0 Å². The van der Waals surface area contributed by atoms with Gasteiger partial charge in [-0.3, -0.25) is 4.79 Å². The quantitative estimate of drug-likeness (QED) is 0.779. The molecule has 0 aliphatic heterocycles. The maximum atomic E-state index is 12.2. The van der Waals surface area contributed by atoms with E-state index in [2.05, 4.69) is 13.8 Å². The molecule has 108 valence electrons. The third-order valence-electron chi connectivity index (χ3n) is 3.76. The summed E-state index contributed by atoms with van der Waals surface area (Å²) in [4.78, 5) is 12.2. The Morgan fingerprint density at radius 2 is 2.05 bits per heavy atom. The number of hydrogen-bond acceptors (Lipinski definition) is 3. The number of hydrogen-bond donors (Lipinski definition) is 0. The lowest BCUT2D eigenvalue weighted by atomic mass is 9.96. The molecule has 0 N–H and O–H groups in total. The summed E-state index contributed by atoms with van der Waals surface area (Å²) in [6.07, 6.45) is 4.35. The molecule has 1 aromatic carbocycles. The van der Waals surface area contributed by atoms with Gasteiger partial charge in [0.1, 0.15) is 17.1 Å². The zero-order valence-corrected chi connectivity index (χ0v) is 12.4. The van der Waals surface area contributed by atoms with Crippen molar-refractivity contribution < 1.29 is 9.15 Å². The van der Waals surface area contributed by atoms with Crippen LogP contribution in [0.1, 0.15) is 51.2 Å². The van der Waals surface area contributed by atoms with E-state index in [4.69, 9.17) is 9.15 Å². The van der Waals surface area contributed by atoms with Crippen LogP contribution in [0.5, 0.6) is 5.75 Å². The monoisotopic (exact) mass is 274 g/mol. The number of unbranched alkanes of at least 4 members (excludes halogenated alkanes) is 1. The third-order valence-corrected chi connectivity index (χ3v) is 3.76. The van der Waals surface area contributed by atoms with E-state index in [1.54, 1.807) is 31.4 Å². The lowest BCUT2D eigenvalue weighted by Gasteiger charge is -2.14. The van der Waals surface area contributed by atoms with E-state index in [1.165, 1.54) is 0 Å². The average Bonchev–Trinajstić information content (AvgIpc) is 2.47. The van der Waals surface area contributed by atoms with Gasteiger partial charge in [-0.25, -0.2) is 0 Å². The van der Waals surface area contributed by atoms with E-state index < -0.39 is 0 Å². The van der Waals surface area contributed by atoms with Gasteiger partial charge in [0, 0.05) is 18.1 Å². The lowest BCUT2D eigenvalue weighted by Crippen LogP contribution is -2.06. The molecule has 0 amide bonds. The fraction of sp³-hybridized carbons (Fsp3) is 0.471. The lowest BCUT2D eigenvalue weighted by molar-refractivity contribution is 0.411. The summed E-state index contributed by atoms with van der Waals surface area (Å²) in [5.74, 6) is 1.82. The van der Waals surface area contributed by atoms with Crippen LogP contribution < -0.4 is 10.2 Å². The van der Waals surface area contributed by atoms with Crippen molar-refractivity contribution in [2.24, 2.45) is 0 Å². The zero-order valence-electron chi connectivity index (χ0n) is 12.4. The smallest absolute Gasteiger partial charge is 0.192 e. The van der Waals surface area contributed by atoms with Crippen LogP contribution in [-0.2, 0) is 0 Å². The number of methoxy groups -OCH3 is 1. The van der Waals surface area contributed by atoms with Crippen molar-refractivity contribution in [1.29, 1.82) is 0 Å². The normalized spacial score (nSPS) is 12.6. The standard InChI is InChI=1S/C17H22O3/c1-4-6-7-12(5-2)16-11-15(18)14-9-8-13(19-3)10-17(14)20-16/h8-12H,4-7H2,1-3H3. The molecule has 0 radical (unpaired) electrons. The third kappa shape index (κ3) is 3.03. The summed E-state index contributed by atoms with van der Waals surface area (Å²) in [7, 11) is 1.61. The van der Waals surface area contributed by atoms with E-state index in [9.17, 15) is 4.79 Å². The van der Waals surface area contributed by atoms with Crippen molar-refractivity contribution in [2.75, 3.05) is 7.11 Å². The maximum Gasteiger partial charge on any atom is 0.192 e. The van der Waals surface area contributed by atoms with E-state index in [0.717, 1.165) is 31.4 Å². The molecule has 2 aromatic rings. The molecule has 2 rings (SSSR count). The van der Waals surface area contributed by atoms with Crippen molar-refractivity contribution in [3.05, 3.63) is 40.2 Å². The molecule has 0 saturated heterocycles. The Labute approximate surface area is 119 Å². The molecule has 1 heterocycles. The first-order valence-electron chi connectivity index (χ1n) is 7.31. The van der Waals surface area contributed by atoms with Gasteiger partial charge in [0.25, 0.3) is 0 Å². The van der Waals surface area contributed by atoms with Crippen LogP contribution in [0, 0.1) is 0 Å². The minimum Gasteiger partial charge on any atom is -0.497 e. The predicted octanol–water partition coefficient (Wildman–Crippen LogP) is 4.49. The molecule has 1 aromatic heterocycles. The second-order valence-corrected chi connectivity index (χ2v) is 5.12. The highest BCUT2D eigenvalue weighted by Crippen LogP contribution is 2.28. The maximum absolute atomic E-state index is 12.2. The topological polar surface area (TPSA) is 39.4 Å². The summed E-state index contributed by atoms with van der Waals surface area (Å²) in [6.45, 7) is 4.31. The van der Waals surface area contributed by atoms with E-state index in [1.807, 2.05) is 0 Å². The number of fused-ring (bicyclic) bond motifs is 1. The summed E-state index contributed by atoms with van der Waals surface area (Å²) in [5, 5.41) is 0.611. The summed E-state index contributed by atoms with van der Waals surface area (Å²) in [5.41, 5.74) is 0.639. The summed E-state index contributed by atoms with van der Waals surface area (Å²) >= 11 is 0. The molecule has 1 atom stereocenters. The first kappa shape index (κ1) is 14.6. The largest absolute Gasteiger partial charge is 0.497 e. The van der Waals surface area contributed by atoms with Gasteiger partial charge < -0.3 is 9.15 Å². The van der Waals surface area contributed by atoms with Crippen molar-refractivity contribution in [3.63, 3.8) is 0 Å². The molecular weight excluding hydrogens is 252 g/mol. The molecule has 0 bridgehead atoms. The minimum absolute atomic E-state index is 0.0267. The summed E-state index contributed by atoms with van der Waals surface area (Å²) < 4.78 is 11.1. The van der Waals surface area contributed by atoms with Gasteiger partial charge in [0.15, 0.2) is 5.43 Å². The Morgan fingerprint density at radius 3 is 2.70 bits per heavy atom. The van der Waals surface area contributed by atoms with Crippen LogP contribution in [0.25, 0.3) is 11.0 Å². The van der Waals surface area contributed by atoms with Gasteiger partial charge in [-0.05, 0) is 25.0 Å². The fourth-order valence-electron chi connectivity index (χ4n) is 2.48. The highest BCUT2D eigenvalue weighted by Gasteiger charge is 2.14. The van der Waals surface area contributed by atoms with Crippen LogP contribution >= 0.6 is 0 Å². The molecule has 20 heavy (non-hydrogen) atoms. The molecule has 0 aliphatic carbocycles. The molecule has 0 aliphatic rings. The first-order valence-corrected chi connectivity index (χ1v) is 7.31. The van der Waals surface area contributed by atoms with Gasteiger partial charge in [0.05, 0.1) is 12.5 Å². The van der Waals surface area contributed by atoms with Crippen molar-refractivity contribution >= 4 is 11.0 Å². The highest BCUT2D eigenvalue weighted by atomic mass is 16.5. The first-order chi connectivity index (χ1) is 9.69. The fourth-order valence-corrected chi connectivity index (χ4v) is 2.48. The molecule has 3 heteroatoms. The molecule has 1 unspecified atom stereocenters. The zero-order chi connectivity index (χ0) is 14.5. The van der Waals surface area contributed by atoms with Gasteiger partial charge >= 0.3 is 0 Å². The molecule has 3 nitrogen and oxygen atoms in total. The average molecular weight is 274 g/mol. The second kappa shape index (κ2) is 6.60. The van der Waals surface area contributed by atoms with Gasteiger partial charge in [-0.2, -0.15) is 0 Å². The predicted molar refractivity (Wildman–Crippen MR) is 81.6 cm³/mol. The van der Waals surface area contributed by atoms with Crippen molar-refractivity contribution in [1.82, 2.24) is 0 Å². The Kier molecular flexibility index (Phi) is 4.83. The summed E-state index contributed by atoms with van der Waals surface area (Å²) in [6, 6.07) is 6.98. The Hall–Kier alpha value is -1.77. The van der Waals surface area contributed by atoms with E-state index >= 15 is 0 Å². The number of ether oxygens (including phenoxy) is 1. The van der Waals surface area contributed by atoms with Crippen LogP contribution in [0.2, 0.25) is 0 Å². The second-order valence-electron chi connectivity index (χ2n) is 5.12. The van der Waals surface area contributed by atoms with Crippen molar-refractivity contribution in [3.8, 4) is 5.75 Å². The van der Waals surface area contributed by atoms with Crippen LogP contribution in [0.3, 0.4) is 0 Å². The molecular formula is C17H22O3. The Morgan fingerprint density at radius 1 is 1.25 bits per heavy atom. The van der Waals surface area contributed by atoms with Gasteiger partial charge in [0.2, 0.25) is 0 Å². The SMILES string of the molecule is CCCCC(CC)c1cc(=O)c2ccc(OC)cc2o1. The molecule has 0 saturated carbocycles. The highest BCUT2D eigenvalue weighted by molar-refractivity contribution is 5.78. The number of rotatable bonds is 6. The van der Waals surface area contributed by atoms with Gasteiger partial charge in [-0.1, -0.05) is 26.7 Å². The number of benzene rings is 1. The van der Waals surface area contributed by atoms with Crippen LogP contribution in [-0.4, -0.2) is 7.11 Å². The molecule has 0 spiro atoms. The molecule has 0 fully saturated rings. The van der Waals surface area contributed by atoms with Crippen molar-refractivity contribution in [2.45, 2.75) is 45.4 Å². The van der Waals surface area contributed by atoms with Crippen LogP contribution in [0.15, 0.2) is 33.5 Å². The van der Waals surface area contributed by atoms with E-state index in [0.29, 0.717) is 22.6 Å². The minimum atomic E-state index is 0.0267. The van der Waals surface area contributed by atoms with E-state index in [-0.39, 0.29) is 5.43 Å².